The predicted octanol–water partition coefficient (Wildman–Crippen LogP) is 3.26. The molecule has 0 aliphatic heterocycles. The summed E-state index contributed by atoms with van der Waals surface area (Å²) in [5, 5.41) is 0. The van der Waals surface area contributed by atoms with E-state index in [0.29, 0.717) is 17.9 Å². The molecule has 0 aliphatic carbocycles. The Hall–Kier alpha value is -1.38. The molecule has 0 N–H and O–H groups in total. The minimum atomic E-state index is -0.366. The summed E-state index contributed by atoms with van der Waals surface area (Å²) in [4.78, 5) is 12.6. The number of hydrogen-bond acceptors (Lipinski definition) is 2. The zero-order chi connectivity index (χ0) is 12.1. The van der Waals surface area contributed by atoms with Gasteiger partial charge in [0.2, 0.25) is 0 Å². The van der Waals surface area contributed by atoms with E-state index in [4.69, 9.17) is 0 Å². The van der Waals surface area contributed by atoms with E-state index in [-0.39, 0.29) is 5.82 Å². The molecule has 0 heterocycles. The molecule has 0 amide bonds. The van der Waals surface area contributed by atoms with Crippen molar-refractivity contribution in [2.75, 3.05) is 11.9 Å². The molecule has 3 heteroatoms. The minimum absolute atomic E-state index is 0.339. The van der Waals surface area contributed by atoms with E-state index in [1.807, 2.05) is 11.9 Å². The van der Waals surface area contributed by atoms with Gasteiger partial charge in [-0.05, 0) is 31.5 Å². The summed E-state index contributed by atoms with van der Waals surface area (Å²) < 4.78 is 13.2. The lowest BCUT2D eigenvalue weighted by atomic mass is 10.1. The van der Waals surface area contributed by atoms with Crippen LogP contribution in [-0.4, -0.2) is 19.4 Å². The Bertz CT molecular complexity index is 365. The minimum Gasteiger partial charge on any atom is -0.372 e. The SMILES string of the molecule is CCCC(C)N(C)c1cc(F)cc(C=O)c1. The summed E-state index contributed by atoms with van der Waals surface area (Å²) >= 11 is 0. The average Bonchev–Trinajstić information content (AvgIpc) is 2.27. The van der Waals surface area contributed by atoms with Crippen molar-refractivity contribution in [3.05, 3.63) is 29.6 Å². The lowest BCUT2D eigenvalue weighted by Gasteiger charge is -2.27. The van der Waals surface area contributed by atoms with Crippen LogP contribution in [0.3, 0.4) is 0 Å². The Labute approximate surface area is 96.1 Å². The number of halogens is 1. The van der Waals surface area contributed by atoms with Gasteiger partial charge in [0, 0.05) is 24.3 Å². The molecule has 1 rings (SSSR count). The van der Waals surface area contributed by atoms with Crippen molar-refractivity contribution >= 4 is 12.0 Å². The third-order valence-corrected chi connectivity index (χ3v) is 2.82. The van der Waals surface area contributed by atoms with Crippen LogP contribution in [0.1, 0.15) is 37.0 Å². The van der Waals surface area contributed by atoms with Gasteiger partial charge in [-0.2, -0.15) is 0 Å². The molecule has 0 aromatic heterocycles. The molecule has 0 spiro atoms. The topological polar surface area (TPSA) is 20.3 Å². The van der Waals surface area contributed by atoms with Gasteiger partial charge in [0.1, 0.15) is 12.1 Å². The Morgan fingerprint density at radius 3 is 2.69 bits per heavy atom. The fraction of sp³-hybridized carbons (Fsp3) is 0.462. The van der Waals surface area contributed by atoms with Crippen LogP contribution >= 0.6 is 0 Å². The predicted molar refractivity (Wildman–Crippen MR) is 64.6 cm³/mol. The second-order valence-corrected chi connectivity index (χ2v) is 4.11. The molecule has 0 bridgehead atoms. The molecule has 0 saturated heterocycles. The van der Waals surface area contributed by atoms with E-state index >= 15 is 0 Å². The van der Waals surface area contributed by atoms with Gasteiger partial charge in [0.15, 0.2) is 0 Å². The second-order valence-electron chi connectivity index (χ2n) is 4.11. The quantitative estimate of drug-likeness (QED) is 0.714. The molecule has 1 atom stereocenters. The maximum Gasteiger partial charge on any atom is 0.150 e. The second kappa shape index (κ2) is 5.64. The summed E-state index contributed by atoms with van der Waals surface area (Å²) in [6.45, 7) is 4.21. The van der Waals surface area contributed by atoms with E-state index < -0.39 is 0 Å². The van der Waals surface area contributed by atoms with Crippen molar-refractivity contribution < 1.29 is 9.18 Å². The molecule has 0 fully saturated rings. The lowest BCUT2D eigenvalue weighted by molar-refractivity contribution is 0.112. The fourth-order valence-corrected chi connectivity index (χ4v) is 1.73. The van der Waals surface area contributed by atoms with E-state index in [1.54, 1.807) is 6.07 Å². The van der Waals surface area contributed by atoms with Gasteiger partial charge in [-0.25, -0.2) is 4.39 Å². The van der Waals surface area contributed by atoms with E-state index in [2.05, 4.69) is 13.8 Å². The van der Waals surface area contributed by atoms with Gasteiger partial charge in [-0.15, -0.1) is 0 Å². The Balaban J connectivity index is 2.93. The first-order chi connectivity index (χ1) is 7.58. The molecule has 1 aromatic rings. The van der Waals surface area contributed by atoms with Crippen LogP contribution in [0, 0.1) is 5.82 Å². The highest BCUT2D eigenvalue weighted by Crippen LogP contribution is 2.20. The molecule has 88 valence electrons. The van der Waals surface area contributed by atoms with Gasteiger partial charge in [-0.1, -0.05) is 13.3 Å². The monoisotopic (exact) mass is 223 g/mol. The Morgan fingerprint density at radius 1 is 1.44 bits per heavy atom. The number of anilines is 1. The van der Waals surface area contributed by atoms with Crippen molar-refractivity contribution in [1.29, 1.82) is 0 Å². The van der Waals surface area contributed by atoms with E-state index in [0.717, 1.165) is 18.5 Å². The molecule has 1 unspecified atom stereocenters. The first-order valence-electron chi connectivity index (χ1n) is 5.57. The first-order valence-corrected chi connectivity index (χ1v) is 5.57. The van der Waals surface area contributed by atoms with Crippen molar-refractivity contribution in [1.82, 2.24) is 0 Å². The van der Waals surface area contributed by atoms with E-state index in [9.17, 15) is 9.18 Å². The fourth-order valence-electron chi connectivity index (χ4n) is 1.73. The number of aldehydes is 1. The number of benzene rings is 1. The highest BCUT2D eigenvalue weighted by Gasteiger charge is 2.10. The van der Waals surface area contributed by atoms with Crippen molar-refractivity contribution in [3.63, 3.8) is 0 Å². The molecule has 2 nitrogen and oxygen atoms in total. The number of carbonyl (C=O) groups is 1. The number of hydrogen-bond donors (Lipinski definition) is 0. The number of carbonyl (C=O) groups excluding carboxylic acids is 1. The molecular weight excluding hydrogens is 205 g/mol. The zero-order valence-electron chi connectivity index (χ0n) is 10.0. The van der Waals surface area contributed by atoms with Crippen LogP contribution in [0.4, 0.5) is 10.1 Å². The largest absolute Gasteiger partial charge is 0.372 e. The molecule has 16 heavy (non-hydrogen) atoms. The third kappa shape index (κ3) is 3.05. The maximum atomic E-state index is 13.2. The molecule has 0 radical (unpaired) electrons. The third-order valence-electron chi connectivity index (χ3n) is 2.82. The molecular formula is C13H18FNO. The van der Waals surface area contributed by atoms with Crippen LogP contribution in [-0.2, 0) is 0 Å². The van der Waals surface area contributed by atoms with Gasteiger partial charge >= 0.3 is 0 Å². The first kappa shape index (κ1) is 12.7. The Morgan fingerprint density at radius 2 is 2.12 bits per heavy atom. The normalized spacial score (nSPS) is 12.2. The van der Waals surface area contributed by atoms with Crippen LogP contribution < -0.4 is 4.90 Å². The molecule has 0 saturated carbocycles. The summed E-state index contributed by atoms with van der Waals surface area (Å²) in [7, 11) is 1.92. The highest BCUT2D eigenvalue weighted by molar-refractivity contribution is 5.77. The number of nitrogens with zero attached hydrogens (tertiary/aromatic N) is 1. The van der Waals surface area contributed by atoms with E-state index in [1.165, 1.54) is 12.1 Å². The van der Waals surface area contributed by atoms with Crippen molar-refractivity contribution in [2.45, 2.75) is 32.7 Å². The van der Waals surface area contributed by atoms with Crippen molar-refractivity contribution in [2.24, 2.45) is 0 Å². The lowest BCUT2D eigenvalue weighted by Crippen LogP contribution is -2.28. The van der Waals surface area contributed by atoms with Crippen LogP contribution in [0.2, 0.25) is 0 Å². The van der Waals surface area contributed by atoms with Crippen LogP contribution in [0.25, 0.3) is 0 Å². The number of rotatable bonds is 5. The van der Waals surface area contributed by atoms with Gasteiger partial charge in [0.25, 0.3) is 0 Å². The average molecular weight is 223 g/mol. The van der Waals surface area contributed by atoms with Gasteiger partial charge in [-0.3, -0.25) is 4.79 Å². The van der Waals surface area contributed by atoms with Crippen LogP contribution in [0.15, 0.2) is 18.2 Å². The standard InChI is InChI=1S/C13H18FNO/c1-4-5-10(2)15(3)13-7-11(9-16)6-12(14)8-13/h6-10H,4-5H2,1-3H3. The summed E-state index contributed by atoms with van der Waals surface area (Å²) in [6, 6.07) is 4.75. The smallest absolute Gasteiger partial charge is 0.150 e. The summed E-state index contributed by atoms with van der Waals surface area (Å²) in [5.74, 6) is -0.366. The summed E-state index contributed by atoms with van der Waals surface area (Å²) in [5.41, 5.74) is 1.13. The maximum absolute atomic E-state index is 13.2. The zero-order valence-corrected chi connectivity index (χ0v) is 10.0. The van der Waals surface area contributed by atoms with Crippen LogP contribution in [0.5, 0.6) is 0 Å². The van der Waals surface area contributed by atoms with Crippen molar-refractivity contribution in [3.8, 4) is 0 Å². The Kier molecular flexibility index (Phi) is 4.47. The molecule has 0 aliphatic rings. The highest BCUT2D eigenvalue weighted by atomic mass is 19.1. The summed E-state index contributed by atoms with van der Waals surface area (Å²) in [6.07, 6.45) is 2.80. The van der Waals surface area contributed by atoms with Gasteiger partial charge in [0.05, 0.1) is 0 Å². The van der Waals surface area contributed by atoms with Gasteiger partial charge < -0.3 is 4.90 Å². The molecule has 1 aromatic carbocycles.